The van der Waals surface area contributed by atoms with E-state index in [2.05, 4.69) is 15.3 Å². The second kappa shape index (κ2) is 6.21. The minimum Gasteiger partial charge on any atom is -0.461 e. The number of benzene rings is 1. The number of carbonyl (C=O) groups is 1. The molecule has 1 saturated carbocycles. The Hall–Kier alpha value is -2.64. The van der Waals surface area contributed by atoms with Gasteiger partial charge in [-0.2, -0.15) is 0 Å². The maximum atomic E-state index is 12.9. The molecule has 0 radical (unpaired) electrons. The molecule has 2 atom stereocenters. The molecular weight excluding hydrogens is 344 g/mol. The molecule has 0 aliphatic heterocycles. The van der Waals surface area contributed by atoms with Gasteiger partial charge in [-0.3, -0.25) is 4.79 Å². The Balaban J connectivity index is 1.54. The molecule has 0 bridgehead atoms. The number of rotatable bonds is 5. The van der Waals surface area contributed by atoms with Gasteiger partial charge in [0.05, 0.1) is 23.4 Å². The van der Waals surface area contributed by atoms with E-state index in [1.165, 1.54) is 0 Å². The number of hydrogen-bond donors (Lipinski definition) is 3. The van der Waals surface area contributed by atoms with Gasteiger partial charge in [-0.05, 0) is 37.3 Å². The van der Waals surface area contributed by atoms with Gasteiger partial charge in [0.25, 0.3) is 0 Å². The number of furan rings is 1. The van der Waals surface area contributed by atoms with Crippen LogP contribution < -0.4 is 11.1 Å². The zero-order chi connectivity index (χ0) is 19.2. The topological polar surface area (TPSA) is 106 Å². The van der Waals surface area contributed by atoms with Crippen LogP contribution in [-0.4, -0.2) is 34.1 Å². The molecule has 27 heavy (non-hydrogen) atoms. The molecule has 4 N–H and O–H groups in total. The highest BCUT2D eigenvalue weighted by molar-refractivity contribution is 6.01. The van der Waals surface area contributed by atoms with Gasteiger partial charge in [-0.25, -0.2) is 4.98 Å². The van der Waals surface area contributed by atoms with E-state index in [1.54, 1.807) is 6.26 Å². The van der Waals surface area contributed by atoms with E-state index in [0.29, 0.717) is 30.3 Å². The van der Waals surface area contributed by atoms with Crippen LogP contribution in [0, 0.1) is 5.41 Å². The summed E-state index contributed by atoms with van der Waals surface area (Å²) in [4.78, 5) is 20.6. The fourth-order valence-electron chi connectivity index (χ4n) is 3.68. The first-order valence-electron chi connectivity index (χ1n) is 9.11. The van der Waals surface area contributed by atoms with Crippen molar-refractivity contribution in [1.29, 1.82) is 0 Å². The molecule has 2 aromatic heterocycles. The molecule has 2 heterocycles. The lowest BCUT2D eigenvalue weighted by molar-refractivity contribution is -0.166. The minimum atomic E-state index is -0.963. The fourth-order valence-corrected chi connectivity index (χ4v) is 3.68. The number of aromatic amines is 1. The normalized spacial score (nSPS) is 23.9. The number of aromatic nitrogens is 2. The zero-order valence-electron chi connectivity index (χ0n) is 15.7. The van der Waals surface area contributed by atoms with Gasteiger partial charge in [-0.1, -0.05) is 13.8 Å². The van der Waals surface area contributed by atoms with Gasteiger partial charge in [0, 0.05) is 24.1 Å². The average Bonchev–Trinajstić information content (AvgIpc) is 3.30. The number of anilines is 1. The van der Waals surface area contributed by atoms with Crippen LogP contribution in [0.4, 0.5) is 5.69 Å². The maximum absolute atomic E-state index is 12.9. The van der Waals surface area contributed by atoms with Gasteiger partial charge in [0.1, 0.15) is 5.54 Å². The number of H-pyrrole nitrogens is 1. The molecule has 1 aromatic carbocycles. The number of amides is 1. The zero-order valence-corrected chi connectivity index (χ0v) is 15.7. The summed E-state index contributed by atoms with van der Waals surface area (Å²) in [6, 6.07) is 9.17. The van der Waals surface area contributed by atoms with Crippen molar-refractivity contribution in [2.45, 2.75) is 38.8 Å². The van der Waals surface area contributed by atoms with Crippen LogP contribution in [0.25, 0.3) is 22.6 Å². The van der Waals surface area contributed by atoms with Crippen LogP contribution in [0.1, 0.15) is 27.2 Å². The number of fused-ring (bicyclic) bond motifs is 1. The third kappa shape index (κ3) is 2.74. The molecule has 7 nitrogen and oxygen atoms in total. The first-order chi connectivity index (χ1) is 12.8. The van der Waals surface area contributed by atoms with E-state index < -0.39 is 11.0 Å². The van der Waals surface area contributed by atoms with Gasteiger partial charge in [0.2, 0.25) is 5.91 Å². The molecule has 4 rings (SSSR count). The molecule has 7 heteroatoms. The molecule has 0 saturated heterocycles. The Morgan fingerprint density at radius 1 is 1.44 bits per heavy atom. The van der Waals surface area contributed by atoms with Crippen LogP contribution in [0.5, 0.6) is 0 Å². The van der Waals surface area contributed by atoms with Crippen LogP contribution in [-0.2, 0) is 9.53 Å². The molecule has 0 spiro atoms. The van der Waals surface area contributed by atoms with Crippen LogP contribution >= 0.6 is 0 Å². The van der Waals surface area contributed by atoms with Gasteiger partial charge in [-0.15, -0.1) is 0 Å². The average molecular weight is 368 g/mol. The van der Waals surface area contributed by atoms with Crippen molar-refractivity contribution in [3.63, 3.8) is 0 Å². The number of carbonyl (C=O) groups excluding carboxylic acids is 1. The van der Waals surface area contributed by atoms with Gasteiger partial charge < -0.3 is 25.2 Å². The third-order valence-electron chi connectivity index (χ3n) is 5.73. The number of nitrogens with two attached hydrogens (primary N) is 1. The van der Waals surface area contributed by atoms with Crippen molar-refractivity contribution >= 4 is 22.6 Å². The van der Waals surface area contributed by atoms with E-state index >= 15 is 0 Å². The number of imidazole rings is 1. The summed E-state index contributed by atoms with van der Waals surface area (Å²) in [6.45, 7) is 6.51. The van der Waals surface area contributed by atoms with Gasteiger partial charge in [0.15, 0.2) is 11.6 Å². The molecule has 1 aliphatic carbocycles. The summed E-state index contributed by atoms with van der Waals surface area (Å²) < 4.78 is 11.1. The third-order valence-corrected chi connectivity index (χ3v) is 5.73. The van der Waals surface area contributed by atoms with Crippen molar-refractivity contribution in [3.05, 3.63) is 36.6 Å². The minimum absolute atomic E-state index is 0.0100. The number of nitrogens with one attached hydrogen (secondary N) is 2. The summed E-state index contributed by atoms with van der Waals surface area (Å²) >= 11 is 0. The first kappa shape index (κ1) is 17.8. The van der Waals surface area contributed by atoms with Crippen molar-refractivity contribution < 1.29 is 13.9 Å². The maximum Gasteiger partial charge on any atom is 0.245 e. The van der Waals surface area contributed by atoms with Crippen molar-refractivity contribution in [3.8, 4) is 11.6 Å². The lowest BCUT2D eigenvalue weighted by atomic mass is 9.54. The summed E-state index contributed by atoms with van der Waals surface area (Å²) in [5, 5.41) is 2.95. The van der Waals surface area contributed by atoms with E-state index in [0.717, 1.165) is 11.0 Å². The summed E-state index contributed by atoms with van der Waals surface area (Å²) in [5.74, 6) is 1.11. The lowest BCUT2D eigenvalue weighted by Gasteiger charge is -2.57. The number of nitrogens with zero attached hydrogens (tertiary/aromatic N) is 1. The SMILES string of the molecule is CCOC1CC(N)(C(=O)Nc2ccc3nc(-c4ccco4)[nH]c3c2)C1(C)C. The smallest absolute Gasteiger partial charge is 0.245 e. The Morgan fingerprint density at radius 2 is 2.26 bits per heavy atom. The Bertz CT molecular complexity index is 976. The summed E-state index contributed by atoms with van der Waals surface area (Å²) in [6.07, 6.45) is 2.10. The van der Waals surface area contributed by atoms with Crippen molar-refractivity contribution in [2.75, 3.05) is 11.9 Å². The quantitative estimate of drug-likeness (QED) is 0.641. The highest BCUT2D eigenvalue weighted by Gasteiger charge is 2.62. The van der Waals surface area contributed by atoms with Crippen LogP contribution in [0.15, 0.2) is 41.0 Å². The highest BCUT2D eigenvalue weighted by atomic mass is 16.5. The first-order valence-corrected chi connectivity index (χ1v) is 9.11. The Labute approximate surface area is 157 Å². The predicted octanol–water partition coefficient (Wildman–Crippen LogP) is 3.29. The molecule has 3 aromatic rings. The molecule has 1 amide bonds. The van der Waals surface area contributed by atoms with E-state index in [9.17, 15) is 4.79 Å². The Morgan fingerprint density at radius 3 is 2.93 bits per heavy atom. The highest BCUT2D eigenvalue weighted by Crippen LogP contribution is 2.50. The predicted molar refractivity (Wildman–Crippen MR) is 103 cm³/mol. The fraction of sp³-hybridized carbons (Fsp3) is 0.400. The van der Waals surface area contributed by atoms with Crippen molar-refractivity contribution in [2.24, 2.45) is 11.1 Å². The van der Waals surface area contributed by atoms with Crippen LogP contribution in [0.2, 0.25) is 0 Å². The summed E-state index contributed by atoms with van der Waals surface area (Å²) in [5.41, 5.74) is 7.33. The lowest BCUT2D eigenvalue weighted by Crippen LogP contribution is -2.74. The monoisotopic (exact) mass is 368 g/mol. The standard InChI is InChI=1S/C20H24N4O3/c1-4-26-16-11-20(21,19(16,2)3)18(25)22-12-7-8-13-14(10-12)24-17(23-13)15-6-5-9-27-15/h5-10,16H,4,11,21H2,1-3H3,(H,22,25)(H,23,24). The van der Waals surface area contributed by atoms with Crippen LogP contribution in [0.3, 0.4) is 0 Å². The van der Waals surface area contributed by atoms with E-state index in [1.807, 2.05) is 51.1 Å². The number of ether oxygens (including phenoxy) is 1. The largest absolute Gasteiger partial charge is 0.461 e. The molecule has 1 aliphatic rings. The number of hydrogen-bond acceptors (Lipinski definition) is 5. The van der Waals surface area contributed by atoms with Crippen molar-refractivity contribution in [1.82, 2.24) is 9.97 Å². The molecule has 1 fully saturated rings. The Kier molecular flexibility index (Phi) is 4.09. The molecular formula is C20H24N4O3. The van der Waals surface area contributed by atoms with E-state index in [4.69, 9.17) is 14.9 Å². The summed E-state index contributed by atoms with van der Waals surface area (Å²) in [7, 11) is 0. The van der Waals surface area contributed by atoms with E-state index in [-0.39, 0.29) is 12.0 Å². The molecule has 2 unspecified atom stereocenters. The van der Waals surface area contributed by atoms with Gasteiger partial charge >= 0.3 is 0 Å². The second-order valence-corrected chi connectivity index (χ2v) is 7.59. The molecule has 142 valence electrons. The second-order valence-electron chi connectivity index (χ2n) is 7.59.